The Morgan fingerprint density at radius 1 is 1.15 bits per heavy atom. The van der Waals surface area contributed by atoms with Gasteiger partial charge in [0.2, 0.25) is 0 Å². The van der Waals surface area contributed by atoms with Gasteiger partial charge in [0.1, 0.15) is 5.75 Å². The van der Waals surface area contributed by atoms with Crippen molar-refractivity contribution < 1.29 is 9.53 Å². The summed E-state index contributed by atoms with van der Waals surface area (Å²) in [6.45, 7) is 3.83. The van der Waals surface area contributed by atoms with Crippen LogP contribution in [0.15, 0.2) is 36.4 Å². The van der Waals surface area contributed by atoms with E-state index in [1.807, 2.05) is 32.0 Å². The largest absolute Gasteiger partial charge is 0.495 e. The zero-order chi connectivity index (χ0) is 14.7. The van der Waals surface area contributed by atoms with E-state index in [9.17, 15) is 4.79 Å². The number of benzene rings is 2. The first kappa shape index (κ1) is 13.9. The fourth-order valence-corrected chi connectivity index (χ4v) is 2.03. The van der Waals surface area contributed by atoms with Gasteiger partial charge in [-0.3, -0.25) is 4.79 Å². The molecule has 2 aromatic carbocycles. The molecule has 0 aliphatic carbocycles. The van der Waals surface area contributed by atoms with Crippen molar-refractivity contribution in [2.75, 3.05) is 18.2 Å². The number of anilines is 2. The maximum absolute atomic E-state index is 12.3. The number of rotatable bonds is 3. The number of hydrogen-bond donors (Lipinski definition) is 2. The monoisotopic (exact) mass is 270 g/mol. The normalized spacial score (nSPS) is 10.2. The lowest BCUT2D eigenvalue weighted by Crippen LogP contribution is -2.14. The molecule has 0 atom stereocenters. The molecule has 0 saturated carbocycles. The van der Waals surface area contributed by atoms with Crippen LogP contribution in [0.2, 0.25) is 0 Å². The molecule has 0 unspecified atom stereocenters. The van der Waals surface area contributed by atoms with Gasteiger partial charge in [0.05, 0.1) is 12.8 Å². The summed E-state index contributed by atoms with van der Waals surface area (Å²) in [5.74, 6) is 0.469. The molecule has 0 heterocycles. The molecule has 2 rings (SSSR count). The van der Waals surface area contributed by atoms with E-state index in [0.717, 1.165) is 11.1 Å². The average Bonchev–Trinajstić information content (AvgIpc) is 2.40. The van der Waals surface area contributed by atoms with E-state index in [2.05, 4.69) is 5.32 Å². The fraction of sp³-hybridized carbons (Fsp3) is 0.188. The molecule has 0 radical (unpaired) electrons. The topological polar surface area (TPSA) is 64.3 Å². The average molecular weight is 270 g/mol. The Bertz CT molecular complexity index is 651. The number of methoxy groups -OCH3 is 1. The van der Waals surface area contributed by atoms with E-state index >= 15 is 0 Å². The highest BCUT2D eigenvalue weighted by molar-refractivity contribution is 6.06. The van der Waals surface area contributed by atoms with Crippen LogP contribution in [0, 0.1) is 13.8 Å². The van der Waals surface area contributed by atoms with Crippen LogP contribution in [0.4, 0.5) is 11.4 Å². The Hall–Kier alpha value is -2.49. The number of hydrogen-bond acceptors (Lipinski definition) is 3. The summed E-state index contributed by atoms with van der Waals surface area (Å²) in [4.78, 5) is 12.3. The number of aryl methyl sites for hydroxylation is 2. The van der Waals surface area contributed by atoms with Crippen LogP contribution in [-0.2, 0) is 0 Å². The molecule has 0 saturated heterocycles. The Balaban J connectivity index is 2.28. The number of carbonyl (C=O) groups excluding carboxylic acids is 1. The number of nitrogens with one attached hydrogen (secondary N) is 1. The van der Waals surface area contributed by atoms with Crippen molar-refractivity contribution in [3.63, 3.8) is 0 Å². The maximum Gasteiger partial charge on any atom is 0.256 e. The van der Waals surface area contributed by atoms with Gasteiger partial charge in [-0.05, 0) is 55.3 Å². The van der Waals surface area contributed by atoms with Crippen molar-refractivity contribution in [1.82, 2.24) is 0 Å². The second-order valence-corrected chi connectivity index (χ2v) is 4.73. The van der Waals surface area contributed by atoms with Crippen LogP contribution in [0.5, 0.6) is 5.75 Å². The van der Waals surface area contributed by atoms with Crippen molar-refractivity contribution >= 4 is 17.3 Å². The Kier molecular flexibility index (Phi) is 3.94. The molecule has 0 aliphatic heterocycles. The quantitative estimate of drug-likeness (QED) is 0.842. The molecule has 0 aromatic heterocycles. The molecule has 20 heavy (non-hydrogen) atoms. The molecule has 4 nitrogen and oxygen atoms in total. The van der Waals surface area contributed by atoms with Gasteiger partial charge >= 0.3 is 0 Å². The third-order valence-corrected chi connectivity index (χ3v) is 3.10. The third-order valence-electron chi connectivity index (χ3n) is 3.10. The van der Waals surface area contributed by atoms with Gasteiger partial charge in [0, 0.05) is 11.3 Å². The minimum absolute atomic E-state index is 0.176. The van der Waals surface area contributed by atoms with Crippen LogP contribution >= 0.6 is 0 Å². The first-order valence-corrected chi connectivity index (χ1v) is 6.33. The minimum Gasteiger partial charge on any atom is -0.495 e. The van der Waals surface area contributed by atoms with Gasteiger partial charge < -0.3 is 15.8 Å². The smallest absolute Gasteiger partial charge is 0.256 e. The lowest BCUT2D eigenvalue weighted by molar-refractivity contribution is 0.102. The summed E-state index contributed by atoms with van der Waals surface area (Å²) >= 11 is 0. The van der Waals surface area contributed by atoms with Gasteiger partial charge in [-0.25, -0.2) is 0 Å². The van der Waals surface area contributed by atoms with E-state index in [1.54, 1.807) is 25.3 Å². The molecular weight excluding hydrogens is 252 g/mol. The Morgan fingerprint density at radius 3 is 2.55 bits per heavy atom. The van der Waals surface area contributed by atoms with E-state index in [4.69, 9.17) is 10.5 Å². The van der Waals surface area contributed by atoms with Crippen LogP contribution in [0.1, 0.15) is 21.5 Å². The SMILES string of the molecule is COc1cc(C)ccc1NC(=O)c1ccc(N)cc1C. The molecule has 0 spiro atoms. The molecule has 1 amide bonds. The van der Waals surface area contributed by atoms with Gasteiger partial charge in [0.15, 0.2) is 0 Å². The number of nitrogens with two attached hydrogens (primary N) is 1. The standard InChI is InChI=1S/C16H18N2O2/c1-10-4-7-14(15(8-10)20-3)18-16(19)13-6-5-12(17)9-11(13)2/h4-9H,17H2,1-3H3,(H,18,19). The lowest BCUT2D eigenvalue weighted by atomic mass is 10.1. The van der Waals surface area contributed by atoms with Gasteiger partial charge in [-0.2, -0.15) is 0 Å². The van der Waals surface area contributed by atoms with E-state index in [1.165, 1.54) is 0 Å². The van der Waals surface area contributed by atoms with Crippen molar-refractivity contribution in [2.24, 2.45) is 0 Å². The molecule has 104 valence electrons. The van der Waals surface area contributed by atoms with E-state index in [0.29, 0.717) is 22.7 Å². The summed E-state index contributed by atoms with van der Waals surface area (Å²) in [6, 6.07) is 10.9. The Morgan fingerprint density at radius 2 is 1.90 bits per heavy atom. The predicted molar refractivity (Wildman–Crippen MR) is 81.3 cm³/mol. The Labute approximate surface area is 118 Å². The fourth-order valence-electron chi connectivity index (χ4n) is 2.03. The highest BCUT2D eigenvalue weighted by Crippen LogP contribution is 2.26. The van der Waals surface area contributed by atoms with Gasteiger partial charge in [-0.15, -0.1) is 0 Å². The summed E-state index contributed by atoms with van der Waals surface area (Å²) < 4.78 is 5.28. The molecule has 4 heteroatoms. The maximum atomic E-state index is 12.3. The molecule has 0 fully saturated rings. The first-order chi connectivity index (χ1) is 9.51. The second kappa shape index (κ2) is 5.65. The summed E-state index contributed by atoms with van der Waals surface area (Å²) in [6.07, 6.45) is 0. The number of nitrogen functional groups attached to an aromatic ring is 1. The number of carbonyl (C=O) groups is 1. The lowest BCUT2D eigenvalue weighted by Gasteiger charge is -2.12. The molecular formula is C16H18N2O2. The summed E-state index contributed by atoms with van der Waals surface area (Å²) in [5.41, 5.74) is 9.50. The van der Waals surface area contributed by atoms with Crippen LogP contribution < -0.4 is 15.8 Å². The summed E-state index contributed by atoms with van der Waals surface area (Å²) in [5, 5.41) is 2.86. The van der Waals surface area contributed by atoms with Crippen molar-refractivity contribution in [1.29, 1.82) is 0 Å². The minimum atomic E-state index is -0.176. The van der Waals surface area contributed by atoms with Crippen LogP contribution in [0.25, 0.3) is 0 Å². The van der Waals surface area contributed by atoms with Gasteiger partial charge in [0.25, 0.3) is 5.91 Å². The number of amides is 1. The highest BCUT2D eigenvalue weighted by atomic mass is 16.5. The number of ether oxygens (including phenoxy) is 1. The highest BCUT2D eigenvalue weighted by Gasteiger charge is 2.12. The van der Waals surface area contributed by atoms with Crippen molar-refractivity contribution in [3.8, 4) is 5.75 Å². The van der Waals surface area contributed by atoms with Crippen LogP contribution in [0.3, 0.4) is 0 Å². The van der Waals surface area contributed by atoms with Crippen LogP contribution in [-0.4, -0.2) is 13.0 Å². The third kappa shape index (κ3) is 2.91. The first-order valence-electron chi connectivity index (χ1n) is 6.33. The zero-order valence-electron chi connectivity index (χ0n) is 11.9. The molecule has 0 aliphatic rings. The molecule has 0 bridgehead atoms. The zero-order valence-corrected chi connectivity index (χ0v) is 11.9. The summed E-state index contributed by atoms with van der Waals surface area (Å²) in [7, 11) is 1.58. The van der Waals surface area contributed by atoms with E-state index < -0.39 is 0 Å². The van der Waals surface area contributed by atoms with E-state index in [-0.39, 0.29) is 5.91 Å². The van der Waals surface area contributed by atoms with Crippen molar-refractivity contribution in [2.45, 2.75) is 13.8 Å². The van der Waals surface area contributed by atoms with Gasteiger partial charge in [-0.1, -0.05) is 6.07 Å². The van der Waals surface area contributed by atoms with Crippen molar-refractivity contribution in [3.05, 3.63) is 53.1 Å². The predicted octanol–water partition coefficient (Wildman–Crippen LogP) is 3.15. The second-order valence-electron chi connectivity index (χ2n) is 4.73. The molecule has 3 N–H and O–H groups in total. The molecule has 2 aromatic rings.